The van der Waals surface area contributed by atoms with Crippen molar-refractivity contribution in [2.75, 3.05) is 16.8 Å². The molecule has 0 saturated carbocycles. The minimum Gasteiger partial charge on any atom is -0.443 e. The van der Waals surface area contributed by atoms with Crippen LogP contribution in [0.1, 0.15) is 50.7 Å². The molecule has 0 aliphatic carbocycles. The summed E-state index contributed by atoms with van der Waals surface area (Å²) in [4.78, 5) is 18.8. The molecule has 3 rings (SSSR count). The summed E-state index contributed by atoms with van der Waals surface area (Å²) in [6, 6.07) is 9.14. The molecule has 1 aliphatic rings. The summed E-state index contributed by atoms with van der Waals surface area (Å²) in [5.74, 6) is 0.270. The molecule has 6 nitrogen and oxygen atoms in total. The molecule has 1 aromatic heterocycles. The zero-order valence-corrected chi connectivity index (χ0v) is 20.9. The zero-order valence-electron chi connectivity index (χ0n) is 19.3. The number of halogens is 4. The Labute approximate surface area is 205 Å². The molecule has 2 atom stereocenters. The maximum atomic E-state index is 13.0. The summed E-state index contributed by atoms with van der Waals surface area (Å²) in [5.41, 5.74) is 0.717. The van der Waals surface area contributed by atoms with Crippen molar-refractivity contribution >= 4 is 27.8 Å². The molecule has 1 fully saturated rings. The largest absolute Gasteiger partial charge is 0.573 e. The van der Waals surface area contributed by atoms with Gasteiger partial charge in [0.25, 0.3) is 0 Å². The van der Waals surface area contributed by atoms with Crippen LogP contribution in [0.15, 0.2) is 42.6 Å². The van der Waals surface area contributed by atoms with Crippen LogP contribution in [-0.2, 0) is 16.0 Å². The Balaban J connectivity index is 1.83. The quantitative estimate of drug-likeness (QED) is 0.384. The van der Waals surface area contributed by atoms with Crippen LogP contribution in [0.25, 0.3) is 0 Å². The summed E-state index contributed by atoms with van der Waals surface area (Å²) < 4.78 is 53.1. The highest BCUT2D eigenvalue weighted by Gasteiger charge is 2.31. The molecule has 2 heterocycles. The van der Waals surface area contributed by atoms with Crippen molar-refractivity contribution in [1.82, 2.24) is 4.98 Å². The summed E-state index contributed by atoms with van der Waals surface area (Å²) in [6.45, 7) is 5.84. The second-order valence-corrected chi connectivity index (χ2v) is 9.73. The first kappa shape index (κ1) is 26.3. The molecule has 1 saturated heterocycles. The van der Waals surface area contributed by atoms with Gasteiger partial charge in [0.1, 0.15) is 17.2 Å². The third kappa shape index (κ3) is 7.87. The number of hydrogen-bond acceptors (Lipinski definition) is 5. The van der Waals surface area contributed by atoms with Crippen molar-refractivity contribution in [3.63, 3.8) is 0 Å². The number of aromatic nitrogens is 1. The molecule has 10 heteroatoms. The predicted octanol–water partition coefficient (Wildman–Crippen LogP) is 6.58. The first-order valence-electron chi connectivity index (χ1n) is 10.9. The standard InChI is InChI=1S/C24H28BrF3N2O4/c1-23(2,3)34-22(31)30(15-16-5-4-6-19(11-16)33-24(26,27)28)21-8-7-18(14-29-21)17-9-10-32-20(12-17)13-25/h4-8,11,14,17,20H,9-10,12-13,15H2,1-3H3/t17-,20+/m0/s1. The Bertz CT molecular complexity index is 964. The van der Waals surface area contributed by atoms with Gasteiger partial charge in [0.05, 0.1) is 12.6 Å². The summed E-state index contributed by atoms with van der Waals surface area (Å²) in [5, 5.41) is 0.762. The van der Waals surface area contributed by atoms with E-state index in [-0.39, 0.29) is 18.4 Å². The van der Waals surface area contributed by atoms with Crippen molar-refractivity contribution < 1.29 is 32.2 Å². The normalized spacial score (nSPS) is 18.9. The van der Waals surface area contributed by atoms with Crippen LogP contribution in [-0.4, -0.2) is 41.1 Å². The number of ether oxygens (including phenoxy) is 3. The van der Waals surface area contributed by atoms with E-state index in [1.807, 2.05) is 6.07 Å². The van der Waals surface area contributed by atoms with Gasteiger partial charge in [0.2, 0.25) is 0 Å². The molecule has 1 amide bonds. The van der Waals surface area contributed by atoms with E-state index in [0.717, 1.165) is 23.7 Å². The van der Waals surface area contributed by atoms with Crippen molar-refractivity contribution in [2.45, 2.75) is 64.1 Å². The van der Waals surface area contributed by atoms with Crippen LogP contribution < -0.4 is 9.64 Å². The van der Waals surface area contributed by atoms with Gasteiger partial charge in [-0.05, 0) is 68.9 Å². The number of hydrogen-bond donors (Lipinski definition) is 0. The number of anilines is 1. The highest BCUT2D eigenvalue weighted by Crippen LogP contribution is 2.32. The summed E-state index contributed by atoms with van der Waals surface area (Å²) in [6.07, 6.45) is -1.83. The van der Waals surface area contributed by atoms with E-state index in [1.54, 1.807) is 39.1 Å². The van der Waals surface area contributed by atoms with Crippen LogP contribution >= 0.6 is 15.9 Å². The number of pyridine rings is 1. The van der Waals surface area contributed by atoms with Crippen LogP contribution in [0.2, 0.25) is 0 Å². The number of nitrogens with zero attached hydrogens (tertiary/aromatic N) is 2. The fraction of sp³-hybridized carbons (Fsp3) is 0.500. The minimum absolute atomic E-state index is 0.0424. The first-order valence-corrected chi connectivity index (χ1v) is 12.0. The third-order valence-corrected chi connectivity index (χ3v) is 5.87. The lowest BCUT2D eigenvalue weighted by molar-refractivity contribution is -0.274. The highest BCUT2D eigenvalue weighted by molar-refractivity contribution is 9.09. The van der Waals surface area contributed by atoms with E-state index in [2.05, 4.69) is 25.7 Å². The van der Waals surface area contributed by atoms with Gasteiger partial charge in [-0.2, -0.15) is 0 Å². The maximum Gasteiger partial charge on any atom is 0.573 e. The number of benzene rings is 1. The average molecular weight is 545 g/mol. The highest BCUT2D eigenvalue weighted by atomic mass is 79.9. The fourth-order valence-corrected chi connectivity index (χ4v) is 4.12. The molecular formula is C24H28BrF3N2O4. The minimum atomic E-state index is -4.81. The van der Waals surface area contributed by atoms with Gasteiger partial charge in [-0.3, -0.25) is 4.90 Å². The number of rotatable bonds is 6. The molecule has 0 unspecified atom stereocenters. The van der Waals surface area contributed by atoms with E-state index in [1.165, 1.54) is 23.1 Å². The van der Waals surface area contributed by atoms with Gasteiger partial charge in [0.15, 0.2) is 0 Å². The smallest absolute Gasteiger partial charge is 0.443 e. The molecule has 2 aromatic rings. The predicted molar refractivity (Wildman–Crippen MR) is 125 cm³/mol. The molecule has 0 N–H and O–H groups in total. The van der Waals surface area contributed by atoms with Gasteiger partial charge in [-0.15, -0.1) is 13.2 Å². The van der Waals surface area contributed by atoms with Crippen molar-refractivity contribution in [3.8, 4) is 5.75 Å². The monoisotopic (exact) mass is 544 g/mol. The molecule has 34 heavy (non-hydrogen) atoms. The van der Waals surface area contributed by atoms with Gasteiger partial charge < -0.3 is 14.2 Å². The van der Waals surface area contributed by atoms with E-state index in [0.29, 0.717) is 23.9 Å². The van der Waals surface area contributed by atoms with Crippen molar-refractivity contribution in [3.05, 3.63) is 53.7 Å². The number of carbonyl (C=O) groups is 1. The fourth-order valence-electron chi connectivity index (χ4n) is 3.67. The Morgan fingerprint density at radius 3 is 2.62 bits per heavy atom. The molecule has 1 aromatic carbocycles. The van der Waals surface area contributed by atoms with Crippen LogP contribution in [0.4, 0.5) is 23.8 Å². The number of carbonyl (C=O) groups excluding carboxylic acids is 1. The lowest BCUT2D eigenvalue weighted by Gasteiger charge is -2.29. The van der Waals surface area contributed by atoms with E-state index < -0.39 is 18.1 Å². The summed E-state index contributed by atoms with van der Waals surface area (Å²) >= 11 is 3.46. The summed E-state index contributed by atoms with van der Waals surface area (Å²) in [7, 11) is 0. The second-order valence-electron chi connectivity index (χ2n) is 9.08. The van der Waals surface area contributed by atoms with E-state index >= 15 is 0 Å². The van der Waals surface area contributed by atoms with Crippen LogP contribution in [0.3, 0.4) is 0 Å². The molecule has 1 aliphatic heterocycles. The first-order chi connectivity index (χ1) is 15.9. The average Bonchev–Trinajstić information content (AvgIpc) is 2.75. The molecule has 0 spiro atoms. The molecule has 0 radical (unpaired) electrons. The number of amides is 1. The van der Waals surface area contributed by atoms with E-state index in [4.69, 9.17) is 9.47 Å². The van der Waals surface area contributed by atoms with Crippen molar-refractivity contribution in [1.29, 1.82) is 0 Å². The van der Waals surface area contributed by atoms with Crippen molar-refractivity contribution in [2.24, 2.45) is 0 Å². The Morgan fingerprint density at radius 2 is 2.00 bits per heavy atom. The van der Waals surface area contributed by atoms with Gasteiger partial charge in [0, 0.05) is 18.1 Å². The Hall–Kier alpha value is -2.33. The number of alkyl halides is 4. The molecular weight excluding hydrogens is 517 g/mol. The second kappa shape index (κ2) is 10.9. The van der Waals surface area contributed by atoms with Gasteiger partial charge >= 0.3 is 12.5 Å². The van der Waals surface area contributed by atoms with Crippen LogP contribution in [0, 0.1) is 0 Å². The topological polar surface area (TPSA) is 60.9 Å². The molecule has 0 bridgehead atoms. The SMILES string of the molecule is CC(C)(C)OC(=O)N(Cc1cccc(OC(F)(F)F)c1)c1ccc([C@H]2CCO[C@@H](CBr)C2)cn1. The van der Waals surface area contributed by atoms with Gasteiger partial charge in [-0.25, -0.2) is 9.78 Å². The van der Waals surface area contributed by atoms with E-state index in [9.17, 15) is 18.0 Å². The third-order valence-electron chi connectivity index (χ3n) is 5.14. The lowest BCUT2D eigenvalue weighted by atomic mass is 9.90. The Kier molecular flexibility index (Phi) is 8.46. The lowest BCUT2D eigenvalue weighted by Crippen LogP contribution is -2.37. The van der Waals surface area contributed by atoms with Crippen LogP contribution in [0.5, 0.6) is 5.75 Å². The Morgan fingerprint density at radius 1 is 1.24 bits per heavy atom. The van der Waals surface area contributed by atoms with Gasteiger partial charge in [-0.1, -0.05) is 34.1 Å². The molecule has 186 valence electrons. The maximum absolute atomic E-state index is 13.0. The zero-order chi connectivity index (χ0) is 24.9.